The Kier molecular flexibility index (Phi) is 3.68. The van der Waals surface area contributed by atoms with Crippen LogP contribution in [0.3, 0.4) is 0 Å². The van der Waals surface area contributed by atoms with Crippen molar-refractivity contribution in [3.63, 3.8) is 0 Å². The highest BCUT2D eigenvalue weighted by Gasteiger charge is 2.09. The van der Waals surface area contributed by atoms with Crippen molar-refractivity contribution in [2.24, 2.45) is 5.73 Å². The third-order valence-corrected chi connectivity index (χ3v) is 3.04. The number of hydrogen-bond donors (Lipinski definition) is 1. The first-order valence-corrected chi connectivity index (χ1v) is 6.11. The molecule has 2 rings (SSSR count). The molecule has 1 heterocycles. The lowest BCUT2D eigenvalue weighted by Crippen LogP contribution is -2.14. The number of allylic oxidation sites excluding steroid dienone is 3. The van der Waals surface area contributed by atoms with E-state index in [1.54, 1.807) is 6.20 Å². The summed E-state index contributed by atoms with van der Waals surface area (Å²) in [6.45, 7) is 5.93. The van der Waals surface area contributed by atoms with Gasteiger partial charge in [-0.2, -0.15) is 0 Å². The quantitative estimate of drug-likeness (QED) is 0.874. The van der Waals surface area contributed by atoms with Crippen LogP contribution in [0.4, 0.5) is 0 Å². The molecule has 0 spiro atoms. The average molecular weight is 238 g/mol. The number of benzene rings is 1. The Hall–Kier alpha value is -2.22. The van der Waals surface area contributed by atoms with Gasteiger partial charge in [0.25, 0.3) is 0 Å². The first-order chi connectivity index (χ1) is 8.76. The van der Waals surface area contributed by atoms with E-state index in [1.165, 1.54) is 5.56 Å². The van der Waals surface area contributed by atoms with Crippen molar-refractivity contribution in [1.29, 1.82) is 0 Å². The maximum Gasteiger partial charge on any atom is 0.0686 e. The number of nitrogens with zero attached hydrogens (tertiary/aromatic N) is 1. The minimum atomic E-state index is 0.762. The van der Waals surface area contributed by atoms with E-state index in [4.69, 9.17) is 5.73 Å². The highest BCUT2D eigenvalue weighted by molar-refractivity contribution is 5.69. The van der Waals surface area contributed by atoms with Crippen LogP contribution in [0.15, 0.2) is 67.2 Å². The SMILES string of the molecule is C=CN1C=CC=C/C1=C(/N)c1ccc(CC)cc1. The van der Waals surface area contributed by atoms with Crippen LogP contribution in [0, 0.1) is 0 Å². The normalized spacial score (nSPS) is 16.8. The second-order valence-corrected chi connectivity index (χ2v) is 4.14. The first kappa shape index (κ1) is 12.2. The van der Waals surface area contributed by atoms with Crippen LogP contribution >= 0.6 is 0 Å². The van der Waals surface area contributed by atoms with Gasteiger partial charge >= 0.3 is 0 Å². The van der Waals surface area contributed by atoms with Crippen molar-refractivity contribution in [2.75, 3.05) is 0 Å². The largest absolute Gasteiger partial charge is 0.397 e. The summed E-state index contributed by atoms with van der Waals surface area (Å²) < 4.78 is 0. The van der Waals surface area contributed by atoms with Crippen LogP contribution in [0.5, 0.6) is 0 Å². The Morgan fingerprint density at radius 3 is 2.61 bits per heavy atom. The van der Waals surface area contributed by atoms with Gasteiger partial charge in [-0.3, -0.25) is 0 Å². The summed E-state index contributed by atoms with van der Waals surface area (Å²) >= 11 is 0. The van der Waals surface area contributed by atoms with Gasteiger partial charge in [-0.1, -0.05) is 43.8 Å². The van der Waals surface area contributed by atoms with E-state index in [-0.39, 0.29) is 0 Å². The predicted octanol–water partition coefficient (Wildman–Crippen LogP) is 3.41. The number of aryl methyl sites for hydroxylation is 1. The van der Waals surface area contributed by atoms with Gasteiger partial charge in [-0.15, -0.1) is 0 Å². The molecule has 0 saturated heterocycles. The van der Waals surface area contributed by atoms with Crippen molar-refractivity contribution in [3.8, 4) is 0 Å². The fraction of sp³-hybridized carbons (Fsp3) is 0.125. The molecule has 2 N–H and O–H groups in total. The smallest absolute Gasteiger partial charge is 0.0686 e. The van der Waals surface area contributed by atoms with Gasteiger partial charge in [0.15, 0.2) is 0 Å². The van der Waals surface area contributed by atoms with E-state index < -0.39 is 0 Å². The second-order valence-electron chi connectivity index (χ2n) is 4.14. The molecule has 0 saturated carbocycles. The molecule has 0 bridgehead atoms. The third kappa shape index (κ3) is 2.38. The number of hydrogen-bond acceptors (Lipinski definition) is 2. The zero-order valence-electron chi connectivity index (χ0n) is 10.6. The number of rotatable bonds is 3. The fourth-order valence-electron chi connectivity index (χ4n) is 1.91. The van der Waals surface area contributed by atoms with Gasteiger partial charge in [0.2, 0.25) is 0 Å². The summed E-state index contributed by atoms with van der Waals surface area (Å²) in [5, 5.41) is 0. The molecule has 92 valence electrons. The summed E-state index contributed by atoms with van der Waals surface area (Å²) in [7, 11) is 0. The lowest BCUT2D eigenvalue weighted by Gasteiger charge is -2.21. The van der Waals surface area contributed by atoms with E-state index in [1.807, 2.05) is 29.3 Å². The molecule has 1 aromatic carbocycles. The van der Waals surface area contributed by atoms with Crippen LogP contribution in [0.25, 0.3) is 5.70 Å². The summed E-state index contributed by atoms with van der Waals surface area (Å²) in [6.07, 6.45) is 10.7. The van der Waals surface area contributed by atoms with Crippen LogP contribution in [0.1, 0.15) is 18.1 Å². The standard InChI is InChI=1S/C16H18N2/c1-3-13-8-10-14(11-9-13)16(17)15-7-5-6-12-18(15)4-2/h4-12H,2-3,17H2,1H3/b16-15-. The van der Waals surface area contributed by atoms with Crippen molar-refractivity contribution >= 4 is 5.70 Å². The lowest BCUT2D eigenvalue weighted by atomic mass is 10.1. The van der Waals surface area contributed by atoms with Gasteiger partial charge in [-0.25, -0.2) is 0 Å². The van der Waals surface area contributed by atoms with Crippen molar-refractivity contribution in [2.45, 2.75) is 13.3 Å². The molecule has 0 aromatic heterocycles. The third-order valence-electron chi connectivity index (χ3n) is 3.04. The van der Waals surface area contributed by atoms with Gasteiger partial charge in [0, 0.05) is 12.4 Å². The van der Waals surface area contributed by atoms with Gasteiger partial charge < -0.3 is 10.6 Å². The lowest BCUT2D eigenvalue weighted by molar-refractivity contribution is 0.649. The Morgan fingerprint density at radius 1 is 1.28 bits per heavy atom. The Labute approximate surface area is 108 Å². The summed E-state index contributed by atoms with van der Waals surface area (Å²) in [5.74, 6) is 0. The minimum absolute atomic E-state index is 0.762. The van der Waals surface area contributed by atoms with Crippen molar-refractivity contribution < 1.29 is 0 Å². The molecule has 1 aliphatic heterocycles. The van der Waals surface area contributed by atoms with Crippen LogP contribution in [-0.4, -0.2) is 4.90 Å². The summed E-state index contributed by atoms with van der Waals surface area (Å²) in [5.41, 5.74) is 10.3. The highest BCUT2D eigenvalue weighted by Crippen LogP contribution is 2.21. The van der Waals surface area contributed by atoms with Gasteiger partial charge in [-0.05, 0) is 29.7 Å². The molecule has 0 amide bonds. The van der Waals surface area contributed by atoms with E-state index in [0.717, 1.165) is 23.4 Å². The second kappa shape index (κ2) is 5.41. The molecule has 0 atom stereocenters. The summed E-state index contributed by atoms with van der Waals surface area (Å²) in [4.78, 5) is 1.92. The molecule has 0 unspecified atom stereocenters. The summed E-state index contributed by atoms with van der Waals surface area (Å²) in [6, 6.07) is 8.36. The fourth-order valence-corrected chi connectivity index (χ4v) is 1.91. The highest BCUT2D eigenvalue weighted by atomic mass is 15.1. The Bertz CT molecular complexity index is 519. The number of nitrogens with two attached hydrogens (primary N) is 1. The molecule has 1 aromatic rings. The molecular formula is C16H18N2. The topological polar surface area (TPSA) is 29.3 Å². The van der Waals surface area contributed by atoms with Crippen LogP contribution in [0.2, 0.25) is 0 Å². The maximum atomic E-state index is 6.23. The molecule has 0 aliphatic carbocycles. The zero-order chi connectivity index (χ0) is 13.0. The van der Waals surface area contributed by atoms with Crippen molar-refractivity contribution in [3.05, 3.63) is 78.3 Å². The molecule has 2 nitrogen and oxygen atoms in total. The molecule has 1 aliphatic rings. The van der Waals surface area contributed by atoms with Crippen LogP contribution in [-0.2, 0) is 6.42 Å². The molecule has 2 heteroatoms. The molecular weight excluding hydrogens is 220 g/mol. The van der Waals surface area contributed by atoms with Gasteiger partial charge in [0.1, 0.15) is 0 Å². The Morgan fingerprint density at radius 2 is 2.00 bits per heavy atom. The van der Waals surface area contributed by atoms with E-state index in [9.17, 15) is 0 Å². The van der Waals surface area contributed by atoms with Crippen molar-refractivity contribution in [1.82, 2.24) is 4.90 Å². The predicted molar refractivity (Wildman–Crippen MR) is 77.2 cm³/mol. The monoisotopic (exact) mass is 238 g/mol. The van der Waals surface area contributed by atoms with Gasteiger partial charge in [0.05, 0.1) is 11.4 Å². The maximum absolute atomic E-state index is 6.23. The van der Waals surface area contributed by atoms with E-state index in [0.29, 0.717) is 0 Å². The minimum Gasteiger partial charge on any atom is -0.397 e. The molecule has 0 radical (unpaired) electrons. The Balaban J connectivity index is 2.38. The first-order valence-electron chi connectivity index (χ1n) is 6.11. The van der Waals surface area contributed by atoms with Crippen LogP contribution < -0.4 is 5.73 Å². The van der Waals surface area contributed by atoms with E-state index in [2.05, 4.69) is 37.8 Å². The average Bonchev–Trinajstić information content (AvgIpc) is 2.46. The zero-order valence-corrected chi connectivity index (χ0v) is 10.6. The van der Waals surface area contributed by atoms with E-state index >= 15 is 0 Å². The molecule has 18 heavy (non-hydrogen) atoms. The molecule has 0 fully saturated rings.